The van der Waals surface area contributed by atoms with Crippen molar-refractivity contribution in [2.24, 2.45) is 5.92 Å². The van der Waals surface area contributed by atoms with Crippen LogP contribution >= 0.6 is 0 Å². The molecule has 3 heteroatoms. The number of hydrogen-bond donors (Lipinski definition) is 1. The Hall–Kier alpha value is -2.13. The van der Waals surface area contributed by atoms with Crippen molar-refractivity contribution in [3.8, 4) is 0 Å². The summed E-state index contributed by atoms with van der Waals surface area (Å²) in [6.07, 6.45) is 2.10. The van der Waals surface area contributed by atoms with E-state index in [4.69, 9.17) is 4.74 Å². The van der Waals surface area contributed by atoms with Gasteiger partial charge < -0.3 is 10.1 Å². The minimum atomic E-state index is -0.253. The fraction of sp³-hybridized carbons (Fsp3) is 0.350. The summed E-state index contributed by atoms with van der Waals surface area (Å²) in [5, 5.41) is 3.11. The Kier molecular flexibility index (Phi) is 5.43. The summed E-state index contributed by atoms with van der Waals surface area (Å²) < 4.78 is 5.39. The number of benzene rings is 2. The van der Waals surface area contributed by atoms with E-state index in [1.807, 2.05) is 60.7 Å². The topological polar surface area (TPSA) is 38.3 Å². The smallest absolute Gasteiger partial charge is 0.232 e. The van der Waals surface area contributed by atoms with Crippen molar-refractivity contribution in [1.82, 2.24) is 5.32 Å². The minimum Gasteiger partial charge on any atom is -0.381 e. The summed E-state index contributed by atoms with van der Waals surface area (Å²) in [5.41, 5.74) is 2.06. The molecule has 3 rings (SSSR count). The van der Waals surface area contributed by atoms with Gasteiger partial charge in [0.05, 0.1) is 5.92 Å². The van der Waals surface area contributed by atoms with E-state index in [0.29, 0.717) is 12.5 Å². The van der Waals surface area contributed by atoms with E-state index in [9.17, 15) is 4.79 Å². The van der Waals surface area contributed by atoms with Crippen molar-refractivity contribution in [2.45, 2.75) is 18.8 Å². The summed E-state index contributed by atoms with van der Waals surface area (Å²) in [6.45, 7) is 2.40. The lowest BCUT2D eigenvalue weighted by Crippen LogP contribution is -2.31. The van der Waals surface area contributed by atoms with E-state index < -0.39 is 0 Å². The van der Waals surface area contributed by atoms with Gasteiger partial charge in [-0.1, -0.05) is 60.7 Å². The average molecular weight is 309 g/mol. The highest BCUT2D eigenvalue weighted by Crippen LogP contribution is 2.25. The van der Waals surface area contributed by atoms with E-state index >= 15 is 0 Å². The van der Waals surface area contributed by atoms with Gasteiger partial charge in [0, 0.05) is 19.8 Å². The average Bonchev–Trinajstić information content (AvgIpc) is 3.10. The first-order valence-electron chi connectivity index (χ1n) is 8.30. The summed E-state index contributed by atoms with van der Waals surface area (Å²) in [6, 6.07) is 19.9. The number of hydrogen-bond acceptors (Lipinski definition) is 2. The molecule has 1 saturated heterocycles. The zero-order valence-electron chi connectivity index (χ0n) is 13.3. The van der Waals surface area contributed by atoms with Crippen LogP contribution in [0.25, 0.3) is 0 Å². The lowest BCUT2D eigenvalue weighted by atomic mass is 9.90. The van der Waals surface area contributed by atoms with Crippen LogP contribution in [0.5, 0.6) is 0 Å². The molecule has 1 amide bonds. The molecule has 1 heterocycles. The van der Waals surface area contributed by atoms with Gasteiger partial charge in [-0.2, -0.15) is 0 Å². The Bertz CT molecular complexity index is 567. The Balaban J connectivity index is 1.69. The number of carbonyl (C=O) groups is 1. The quantitative estimate of drug-likeness (QED) is 0.888. The van der Waals surface area contributed by atoms with Crippen molar-refractivity contribution in [3.63, 3.8) is 0 Å². The van der Waals surface area contributed by atoms with E-state index in [1.165, 1.54) is 0 Å². The second kappa shape index (κ2) is 7.93. The largest absolute Gasteiger partial charge is 0.381 e. The second-order valence-corrected chi connectivity index (χ2v) is 6.06. The Morgan fingerprint density at radius 3 is 2.17 bits per heavy atom. The first-order valence-corrected chi connectivity index (χ1v) is 8.30. The highest BCUT2D eigenvalue weighted by Gasteiger charge is 2.23. The fourth-order valence-electron chi connectivity index (χ4n) is 3.10. The zero-order valence-corrected chi connectivity index (χ0v) is 13.3. The summed E-state index contributed by atoms with van der Waals surface area (Å²) in [4.78, 5) is 12.8. The monoisotopic (exact) mass is 309 g/mol. The third-order valence-electron chi connectivity index (χ3n) is 4.40. The molecule has 1 fully saturated rings. The van der Waals surface area contributed by atoms with Crippen molar-refractivity contribution in [1.29, 1.82) is 0 Å². The molecule has 0 saturated carbocycles. The predicted molar refractivity (Wildman–Crippen MR) is 91.3 cm³/mol. The molecule has 0 unspecified atom stereocenters. The van der Waals surface area contributed by atoms with Crippen LogP contribution in [0.1, 0.15) is 29.9 Å². The van der Waals surface area contributed by atoms with Gasteiger partial charge in [-0.05, 0) is 29.9 Å². The molecule has 0 spiro atoms. The lowest BCUT2D eigenvalue weighted by Gasteiger charge is -2.18. The van der Waals surface area contributed by atoms with Crippen LogP contribution in [0.2, 0.25) is 0 Å². The predicted octanol–water partition coefficient (Wildman–Crippen LogP) is 3.36. The molecule has 1 atom stereocenters. The molecule has 1 aliphatic rings. The van der Waals surface area contributed by atoms with Gasteiger partial charge in [0.25, 0.3) is 0 Å². The molecule has 3 nitrogen and oxygen atoms in total. The summed E-state index contributed by atoms with van der Waals surface area (Å²) in [5.74, 6) is 0.403. The molecule has 1 aliphatic heterocycles. The standard InChI is InChI=1S/C20H23NO2/c22-20(21-13-11-16-12-14-23-15-16)19(17-7-3-1-4-8-17)18-9-5-2-6-10-18/h1-10,16,19H,11-15H2,(H,21,22)/t16-/m1/s1. The summed E-state index contributed by atoms with van der Waals surface area (Å²) in [7, 11) is 0. The van der Waals surface area contributed by atoms with Gasteiger partial charge in [0.15, 0.2) is 0 Å². The molecule has 2 aromatic rings. The maximum atomic E-state index is 12.8. The van der Waals surface area contributed by atoms with Crippen molar-refractivity contribution >= 4 is 5.91 Å². The Morgan fingerprint density at radius 1 is 1.04 bits per heavy atom. The Labute approximate surface area is 137 Å². The third kappa shape index (κ3) is 4.20. The molecular weight excluding hydrogens is 286 g/mol. The first-order chi connectivity index (χ1) is 11.3. The highest BCUT2D eigenvalue weighted by molar-refractivity contribution is 5.87. The molecule has 120 valence electrons. The Morgan fingerprint density at radius 2 is 1.65 bits per heavy atom. The number of carbonyl (C=O) groups excluding carboxylic acids is 1. The van der Waals surface area contributed by atoms with Gasteiger partial charge in [0.1, 0.15) is 0 Å². The van der Waals surface area contributed by atoms with Crippen LogP contribution in [0, 0.1) is 5.92 Å². The van der Waals surface area contributed by atoms with Gasteiger partial charge in [-0.3, -0.25) is 4.79 Å². The first kappa shape index (κ1) is 15.8. The minimum absolute atomic E-state index is 0.0707. The van der Waals surface area contributed by atoms with E-state index in [0.717, 1.165) is 37.2 Å². The zero-order chi connectivity index (χ0) is 15.9. The maximum Gasteiger partial charge on any atom is 0.232 e. The molecule has 2 aromatic carbocycles. The van der Waals surface area contributed by atoms with Gasteiger partial charge >= 0.3 is 0 Å². The molecular formula is C20H23NO2. The van der Waals surface area contributed by atoms with Crippen LogP contribution in [0.3, 0.4) is 0 Å². The number of amides is 1. The fourth-order valence-corrected chi connectivity index (χ4v) is 3.10. The summed E-state index contributed by atoms with van der Waals surface area (Å²) >= 11 is 0. The van der Waals surface area contributed by atoms with Gasteiger partial charge in [-0.15, -0.1) is 0 Å². The van der Waals surface area contributed by atoms with Gasteiger partial charge in [-0.25, -0.2) is 0 Å². The highest BCUT2D eigenvalue weighted by atomic mass is 16.5. The van der Waals surface area contributed by atoms with Crippen LogP contribution in [0.4, 0.5) is 0 Å². The number of ether oxygens (including phenoxy) is 1. The third-order valence-corrected chi connectivity index (χ3v) is 4.40. The van der Waals surface area contributed by atoms with Crippen LogP contribution < -0.4 is 5.32 Å². The van der Waals surface area contributed by atoms with E-state index in [1.54, 1.807) is 0 Å². The van der Waals surface area contributed by atoms with E-state index in [-0.39, 0.29) is 11.8 Å². The maximum absolute atomic E-state index is 12.8. The van der Waals surface area contributed by atoms with Crippen molar-refractivity contribution in [3.05, 3.63) is 71.8 Å². The number of rotatable bonds is 6. The van der Waals surface area contributed by atoms with Crippen LogP contribution in [-0.2, 0) is 9.53 Å². The molecule has 23 heavy (non-hydrogen) atoms. The number of nitrogens with one attached hydrogen (secondary N) is 1. The molecule has 0 radical (unpaired) electrons. The second-order valence-electron chi connectivity index (χ2n) is 6.06. The van der Waals surface area contributed by atoms with Crippen molar-refractivity contribution < 1.29 is 9.53 Å². The van der Waals surface area contributed by atoms with Crippen molar-refractivity contribution in [2.75, 3.05) is 19.8 Å². The van der Waals surface area contributed by atoms with Gasteiger partial charge in [0.2, 0.25) is 5.91 Å². The molecule has 0 bridgehead atoms. The van der Waals surface area contributed by atoms with E-state index in [2.05, 4.69) is 5.32 Å². The SMILES string of the molecule is O=C(NCC[C@@H]1CCOC1)C(c1ccccc1)c1ccccc1. The molecule has 0 aromatic heterocycles. The normalized spacial score (nSPS) is 17.3. The molecule has 1 N–H and O–H groups in total. The van der Waals surface area contributed by atoms with Crippen LogP contribution in [-0.4, -0.2) is 25.7 Å². The lowest BCUT2D eigenvalue weighted by molar-refractivity contribution is -0.121. The molecule has 0 aliphatic carbocycles. The van der Waals surface area contributed by atoms with Crippen LogP contribution in [0.15, 0.2) is 60.7 Å².